The summed E-state index contributed by atoms with van der Waals surface area (Å²) in [5.74, 6) is -4.23. The first-order valence-corrected chi connectivity index (χ1v) is 18.1. The van der Waals surface area contributed by atoms with Gasteiger partial charge in [-0.3, -0.25) is 14.3 Å². The number of halogens is 3. The van der Waals surface area contributed by atoms with Crippen molar-refractivity contribution in [1.82, 2.24) is 39.5 Å². The van der Waals surface area contributed by atoms with Crippen molar-refractivity contribution in [2.45, 2.75) is 49.3 Å². The second-order valence-electron chi connectivity index (χ2n) is 10.0. The predicted octanol–water partition coefficient (Wildman–Crippen LogP) is 0.126. The molecule has 2 aliphatic rings. The number of nitrogen functional groups attached to an aromatic ring is 2. The number of alkyl halides is 3. The lowest BCUT2D eigenvalue weighted by atomic mass is 10.1. The summed E-state index contributed by atoms with van der Waals surface area (Å²) in [6, 6.07) is 1.37. The fourth-order valence-corrected chi connectivity index (χ4v) is 6.91. The highest BCUT2D eigenvalue weighted by Gasteiger charge is 2.62. The van der Waals surface area contributed by atoms with Crippen LogP contribution in [-0.2, 0) is 46.7 Å². The Kier molecular flexibility index (Phi) is 8.70. The van der Waals surface area contributed by atoms with Gasteiger partial charge < -0.3 is 49.2 Å². The van der Waals surface area contributed by atoms with Gasteiger partial charge in [0.1, 0.15) is 36.2 Å². The van der Waals surface area contributed by atoms with Crippen LogP contribution in [0.5, 0.6) is 0 Å². The average Bonchev–Trinajstić information content (AvgIpc) is 3.71. The van der Waals surface area contributed by atoms with Gasteiger partial charge >= 0.3 is 19.4 Å². The maximum absolute atomic E-state index is 16.0. The third-order valence-electron chi connectivity index (χ3n) is 6.99. The van der Waals surface area contributed by atoms with Crippen LogP contribution in [0.2, 0.25) is 0 Å². The third-order valence-corrected chi connectivity index (χ3v) is 9.33. The lowest BCUT2D eigenvalue weighted by molar-refractivity contribution is -0.135. The summed E-state index contributed by atoms with van der Waals surface area (Å²) >= 11 is 9.38. The molecule has 2 fully saturated rings. The fourth-order valence-electron chi connectivity index (χ4n) is 4.96. The predicted molar refractivity (Wildman–Crippen MR) is 157 cm³/mol. The lowest BCUT2D eigenvalue weighted by Crippen LogP contribution is -2.41. The zero-order chi connectivity index (χ0) is 33.2. The number of nitrogens with two attached hydrogens (primary N) is 2. The number of nitrogens with zero attached hydrogens (tertiary/aromatic N) is 7. The molecule has 19 nitrogen and oxygen atoms in total. The molecule has 0 aliphatic carbocycles. The quantitative estimate of drug-likeness (QED) is 0.118. The smallest absolute Gasteiger partial charge is 0.325 e. The molecule has 2 saturated heterocycles. The van der Waals surface area contributed by atoms with Crippen LogP contribution < -0.4 is 17.0 Å². The van der Waals surface area contributed by atoms with Gasteiger partial charge in [0, 0.05) is 12.6 Å². The van der Waals surface area contributed by atoms with Crippen molar-refractivity contribution in [2.24, 2.45) is 0 Å². The van der Waals surface area contributed by atoms with E-state index in [0.29, 0.717) is 0 Å². The Morgan fingerprint density at radius 2 is 1.87 bits per heavy atom. The number of H-pyrrole nitrogens is 1. The molecule has 0 aromatic carbocycles. The minimum Gasteiger partial charge on any atom is -0.383 e. The van der Waals surface area contributed by atoms with Gasteiger partial charge in [-0.2, -0.15) is 18.4 Å². The number of ether oxygens (including phenoxy) is 2. The molecule has 0 radical (unpaired) electrons. The van der Waals surface area contributed by atoms with E-state index in [-0.39, 0.29) is 40.4 Å². The standard InChI is InChI=1S/C20H23F3N10O9P2S2/c21-8-3-11(33-16-12(30-31-33)17(34)29-19(25)28-16)40-9(8)4-39-44(37,46)42-13-10(5-38-43(35,36)45)41-18(20(13,22)23)32-2-1-7-14(24)26-6-27-15(7)32/h1-2,6,8-11,13,18H,3-5H2,(H,37,46)(H2,24,26,27)(H2,35,36,45)(H3,25,28,29,34)/t8-,9-,10-,11-,13?,18-,44?/m1/s1. The molecule has 2 aliphatic heterocycles. The summed E-state index contributed by atoms with van der Waals surface area (Å²) in [6.45, 7) is -10.7. The van der Waals surface area contributed by atoms with E-state index in [9.17, 15) is 23.9 Å². The van der Waals surface area contributed by atoms with Crippen LogP contribution in [-0.4, -0.2) is 97.8 Å². The van der Waals surface area contributed by atoms with Crippen LogP contribution in [0.3, 0.4) is 0 Å². The van der Waals surface area contributed by atoms with Gasteiger partial charge in [0.2, 0.25) is 12.2 Å². The van der Waals surface area contributed by atoms with E-state index in [2.05, 4.69) is 42.1 Å². The van der Waals surface area contributed by atoms with E-state index >= 15 is 8.78 Å². The molecule has 250 valence electrons. The molecule has 26 heteroatoms. The Hall–Kier alpha value is -2.73. The van der Waals surface area contributed by atoms with Crippen LogP contribution in [0.1, 0.15) is 18.9 Å². The molecule has 7 atom stereocenters. The number of hydrogen-bond donors (Lipinski definition) is 6. The minimum atomic E-state index is -4.63. The van der Waals surface area contributed by atoms with Crippen LogP contribution in [0.15, 0.2) is 23.4 Å². The summed E-state index contributed by atoms with van der Waals surface area (Å²) in [5.41, 5.74) is 10.4. The van der Waals surface area contributed by atoms with Crippen molar-refractivity contribution in [3.63, 3.8) is 0 Å². The highest BCUT2D eigenvalue weighted by Crippen LogP contribution is 2.55. The first-order valence-electron chi connectivity index (χ1n) is 12.9. The van der Waals surface area contributed by atoms with Crippen molar-refractivity contribution < 1.29 is 50.9 Å². The maximum atomic E-state index is 16.0. The molecule has 6 rings (SSSR count). The number of fused-ring (bicyclic) bond motifs is 2. The summed E-state index contributed by atoms with van der Waals surface area (Å²) in [7, 11) is 0. The second-order valence-corrected chi connectivity index (χ2v) is 15.5. The van der Waals surface area contributed by atoms with Gasteiger partial charge in [-0.25, -0.2) is 14.4 Å². The molecule has 46 heavy (non-hydrogen) atoms. The molecule has 8 N–H and O–H groups in total. The molecule has 0 bridgehead atoms. The molecule has 4 aromatic rings. The normalized spacial score (nSPS) is 27.9. The van der Waals surface area contributed by atoms with Crippen molar-refractivity contribution in [1.29, 1.82) is 0 Å². The fraction of sp³-hybridized carbons (Fsp3) is 0.500. The van der Waals surface area contributed by atoms with Gasteiger partial charge in [0.15, 0.2) is 23.5 Å². The summed E-state index contributed by atoms with van der Waals surface area (Å²) in [4.78, 5) is 55.9. The van der Waals surface area contributed by atoms with Gasteiger partial charge in [-0.1, -0.05) is 5.21 Å². The summed E-state index contributed by atoms with van der Waals surface area (Å²) in [6.07, 6.45) is -8.69. The van der Waals surface area contributed by atoms with Gasteiger partial charge in [-0.05, 0) is 29.7 Å². The lowest BCUT2D eigenvalue weighted by Gasteiger charge is -2.28. The van der Waals surface area contributed by atoms with E-state index < -0.39 is 75.1 Å². The molecule has 4 aromatic heterocycles. The van der Waals surface area contributed by atoms with E-state index in [1.54, 1.807) is 0 Å². The van der Waals surface area contributed by atoms with Gasteiger partial charge in [-0.15, -0.1) is 5.10 Å². The zero-order valence-corrected chi connectivity index (χ0v) is 26.2. The highest BCUT2D eigenvalue weighted by molar-refractivity contribution is 8.07. The number of anilines is 2. The first kappa shape index (κ1) is 33.2. The van der Waals surface area contributed by atoms with Crippen molar-refractivity contribution in [3.05, 3.63) is 28.9 Å². The number of aromatic nitrogens is 8. The van der Waals surface area contributed by atoms with E-state index in [4.69, 9.17) is 46.3 Å². The molecule has 2 unspecified atom stereocenters. The van der Waals surface area contributed by atoms with Crippen LogP contribution in [0, 0.1) is 0 Å². The van der Waals surface area contributed by atoms with Crippen LogP contribution in [0.25, 0.3) is 22.2 Å². The summed E-state index contributed by atoms with van der Waals surface area (Å²) in [5, 5.41) is 7.71. The van der Waals surface area contributed by atoms with Gasteiger partial charge in [0.05, 0.1) is 18.6 Å². The Labute approximate surface area is 264 Å². The van der Waals surface area contributed by atoms with E-state index in [1.807, 2.05) is 0 Å². The van der Waals surface area contributed by atoms with Crippen LogP contribution in [0.4, 0.5) is 24.9 Å². The van der Waals surface area contributed by atoms with Crippen LogP contribution >= 0.6 is 13.4 Å². The van der Waals surface area contributed by atoms with Crippen molar-refractivity contribution in [2.75, 3.05) is 24.7 Å². The molecule has 0 amide bonds. The maximum Gasteiger partial charge on any atom is 0.325 e. The summed E-state index contributed by atoms with van der Waals surface area (Å²) < 4.78 is 75.2. The molecule has 0 spiro atoms. The highest BCUT2D eigenvalue weighted by atomic mass is 32.5. The Bertz CT molecular complexity index is 1950. The zero-order valence-electron chi connectivity index (χ0n) is 22.7. The molecule has 0 saturated carbocycles. The number of rotatable bonds is 10. The van der Waals surface area contributed by atoms with Gasteiger partial charge in [0.25, 0.3) is 5.56 Å². The topological polar surface area (TPSA) is 266 Å². The molecular weight excluding hydrogens is 707 g/mol. The minimum absolute atomic E-state index is 0.00635. The second kappa shape index (κ2) is 12.1. The van der Waals surface area contributed by atoms with Crippen molar-refractivity contribution in [3.8, 4) is 0 Å². The number of nitrogens with one attached hydrogen (secondary N) is 1. The molecular formula is C20H23F3N10O9P2S2. The van der Waals surface area contributed by atoms with Crippen molar-refractivity contribution >= 4 is 71.0 Å². The largest absolute Gasteiger partial charge is 0.383 e. The number of hydrogen-bond acceptors (Lipinski definition) is 15. The van der Waals surface area contributed by atoms with E-state index in [0.717, 1.165) is 15.6 Å². The number of aromatic amines is 1. The molecule has 6 heterocycles. The Balaban J connectivity index is 1.19. The Morgan fingerprint density at radius 1 is 1.13 bits per heavy atom. The monoisotopic (exact) mass is 730 g/mol. The van der Waals surface area contributed by atoms with E-state index in [1.165, 1.54) is 12.3 Å². The Morgan fingerprint density at radius 3 is 2.61 bits per heavy atom. The SMILES string of the molecule is Nc1nc2c(nnn2[C@H]2C[C@@H](F)[C@@H](COP(O)(=S)OC3[C@@H](COP(O)(O)=S)O[C@@H](n4ccc5c(N)ncnc54)C3(F)F)O2)c(=O)[nH]1. The average molecular weight is 731 g/mol. The first-order chi connectivity index (χ1) is 21.5. The third kappa shape index (κ3) is 6.40.